The molecule has 0 bridgehead atoms. The summed E-state index contributed by atoms with van der Waals surface area (Å²) >= 11 is 0. The lowest BCUT2D eigenvalue weighted by Crippen LogP contribution is -2.63. The van der Waals surface area contributed by atoms with Crippen LogP contribution in [0.25, 0.3) is 16.8 Å². The van der Waals surface area contributed by atoms with E-state index in [1.807, 2.05) is 13.8 Å². The average Bonchev–Trinajstić information content (AvgIpc) is 2.60. The number of nitrogens with zero attached hydrogens (tertiary/aromatic N) is 1. The second kappa shape index (κ2) is 5.38. The Hall–Kier alpha value is -1.80. The molecule has 1 N–H and O–H groups in total. The van der Waals surface area contributed by atoms with Crippen molar-refractivity contribution in [2.75, 3.05) is 18.1 Å². The fourth-order valence-corrected chi connectivity index (χ4v) is 4.06. The van der Waals surface area contributed by atoms with Crippen molar-refractivity contribution in [3.8, 4) is 0 Å². The van der Waals surface area contributed by atoms with Gasteiger partial charge in [0.1, 0.15) is 0 Å². The van der Waals surface area contributed by atoms with Crippen LogP contribution < -0.4 is 4.90 Å². The van der Waals surface area contributed by atoms with Gasteiger partial charge in [-0.3, -0.25) is 0 Å². The molecule has 0 spiro atoms. The first kappa shape index (κ1) is 16.1. The van der Waals surface area contributed by atoms with Gasteiger partial charge in [-0.2, -0.15) is 0 Å². The van der Waals surface area contributed by atoms with Crippen LogP contribution in [0.1, 0.15) is 45.7 Å². The van der Waals surface area contributed by atoms with Crippen LogP contribution in [0.5, 0.6) is 0 Å². The monoisotopic (exact) mass is 309 g/mol. The minimum Gasteiger partial charge on any atom is -0.394 e. The van der Waals surface area contributed by atoms with Crippen molar-refractivity contribution in [2.24, 2.45) is 0 Å². The number of hydrogen-bond donors (Lipinski definition) is 1. The Balaban J connectivity index is 0.000000753. The van der Waals surface area contributed by atoms with Gasteiger partial charge < -0.3 is 10.0 Å². The molecule has 2 aromatic carbocycles. The zero-order valence-electron chi connectivity index (χ0n) is 14.9. The maximum absolute atomic E-state index is 10.2. The minimum atomic E-state index is -0.296. The summed E-state index contributed by atoms with van der Waals surface area (Å²) in [6, 6.07) is 11.0. The van der Waals surface area contributed by atoms with Gasteiger partial charge in [0.05, 0.1) is 17.8 Å². The van der Waals surface area contributed by atoms with E-state index < -0.39 is 0 Å². The maximum atomic E-state index is 10.2. The number of anilines is 1. The quantitative estimate of drug-likeness (QED) is 0.822. The zero-order valence-corrected chi connectivity index (χ0v) is 14.9. The number of aliphatic hydroxyl groups is 1. The van der Waals surface area contributed by atoms with Crippen LogP contribution in [0.3, 0.4) is 0 Å². The molecule has 2 aromatic rings. The lowest BCUT2D eigenvalue weighted by Gasteiger charge is -2.56. The summed E-state index contributed by atoms with van der Waals surface area (Å²) in [6.07, 6.45) is 4.41. The molecule has 0 saturated carbocycles. The molecule has 23 heavy (non-hydrogen) atoms. The summed E-state index contributed by atoms with van der Waals surface area (Å²) in [5.74, 6) is 0. The summed E-state index contributed by atoms with van der Waals surface area (Å²) in [5, 5.41) is 12.9. The zero-order chi connectivity index (χ0) is 16.8. The van der Waals surface area contributed by atoms with Crippen LogP contribution in [0.4, 0.5) is 5.69 Å². The summed E-state index contributed by atoms with van der Waals surface area (Å²) in [4.78, 5) is 2.40. The number of rotatable bonds is 1. The van der Waals surface area contributed by atoms with Crippen LogP contribution in [0.15, 0.2) is 36.4 Å². The molecule has 2 aliphatic rings. The third-order valence-corrected chi connectivity index (χ3v) is 5.83. The molecule has 2 heterocycles. The number of hydrogen-bond acceptors (Lipinski definition) is 2. The van der Waals surface area contributed by atoms with E-state index in [0.29, 0.717) is 0 Å². The van der Waals surface area contributed by atoms with Crippen molar-refractivity contribution in [1.82, 2.24) is 0 Å². The first-order chi connectivity index (χ1) is 11.0. The van der Waals surface area contributed by atoms with Gasteiger partial charge in [-0.1, -0.05) is 70.2 Å². The van der Waals surface area contributed by atoms with Gasteiger partial charge in [0.2, 0.25) is 0 Å². The highest BCUT2D eigenvalue weighted by Crippen LogP contribution is 2.52. The van der Waals surface area contributed by atoms with Crippen LogP contribution in [0, 0.1) is 0 Å². The molecule has 0 radical (unpaired) electrons. The Morgan fingerprint density at radius 2 is 1.83 bits per heavy atom. The molecule has 1 atom stereocenters. The van der Waals surface area contributed by atoms with Crippen LogP contribution in [-0.4, -0.2) is 23.8 Å². The van der Waals surface area contributed by atoms with E-state index in [9.17, 15) is 5.11 Å². The molecule has 0 aliphatic carbocycles. The van der Waals surface area contributed by atoms with Gasteiger partial charge in [-0.05, 0) is 23.4 Å². The standard InChI is InChI=1S/C19H21NO.C2H6/c1-18(2)15-8-4-6-13-9-10-14-7-5-11-20(17(14)16(13)15)19(18,3)12-21;1-2/h4-10,21H,11-12H2,1-3H3;1-2H3/t19-;/m1./s1. The Labute approximate surface area is 139 Å². The molecule has 0 saturated heterocycles. The third kappa shape index (κ3) is 1.91. The third-order valence-electron chi connectivity index (χ3n) is 5.83. The highest BCUT2D eigenvalue weighted by atomic mass is 16.3. The fourth-order valence-electron chi connectivity index (χ4n) is 4.06. The van der Waals surface area contributed by atoms with Crippen LogP contribution >= 0.6 is 0 Å². The summed E-state index contributed by atoms with van der Waals surface area (Å²) in [7, 11) is 0. The summed E-state index contributed by atoms with van der Waals surface area (Å²) in [5.41, 5.74) is 3.49. The SMILES string of the molecule is CC.CC1(C)c2cccc3ccc4c(c23)N(CC=C4)[C@]1(C)CO. The van der Waals surface area contributed by atoms with Crippen molar-refractivity contribution in [3.05, 3.63) is 47.5 Å². The Kier molecular flexibility index (Phi) is 3.76. The van der Waals surface area contributed by atoms with Crippen molar-refractivity contribution in [2.45, 2.75) is 45.6 Å². The van der Waals surface area contributed by atoms with Crippen molar-refractivity contribution < 1.29 is 5.11 Å². The van der Waals surface area contributed by atoms with Crippen molar-refractivity contribution in [3.63, 3.8) is 0 Å². The van der Waals surface area contributed by atoms with Crippen LogP contribution in [0.2, 0.25) is 0 Å². The number of benzene rings is 2. The molecular formula is C21H27NO. The summed E-state index contributed by atoms with van der Waals surface area (Å²) < 4.78 is 0. The molecule has 4 rings (SSSR count). The maximum Gasteiger partial charge on any atom is 0.0699 e. The normalized spacial score (nSPS) is 23.5. The Morgan fingerprint density at radius 3 is 2.52 bits per heavy atom. The first-order valence-electron chi connectivity index (χ1n) is 8.62. The topological polar surface area (TPSA) is 23.5 Å². The van der Waals surface area contributed by atoms with Crippen molar-refractivity contribution >= 4 is 22.5 Å². The van der Waals surface area contributed by atoms with E-state index in [4.69, 9.17) is 0 Å². The van der Waals surface area contributed by atoms with Gasteiger partial charge >= 0.3 is 0 Å². The predicted molar refractivity (Wildman–Crippen MR) is 100 cm³/mol. The molecule has 2 nitrogen and oxygen atoms in total. The van der Waals surface area contributed by atoms with Crippen LogP contribution in [-0.2, 0) is 5.41 Å². The van der Waals surface area contributed by atoms with E-state index >= 15 is 0 Å². The average molecular weight is 309 g/mol. The molecule has 2 heteroatoms. The lowest BCUT2D eigenvalue weighted by atomic mass is 9.63. The fraction of sp³-hybridized carbons (Fsp3) is 0.429. The first-order valence-corrected chi connectivity index (χ1v) is 8.62. The predicted octanol–water partition coefficient (Wildman–Crippen LogP) is 4.74. The Morgan fingerprint density at radius 1 is 1.09 bits per heavy atom. The Bertz CT molecular complexity index is 775. The molecule has 0 aromatic heterocycles. The largest absolute Gasteiger partial charge is 0.394 e. The minimum absolute atomic E-state index is 0.113. The van der Waals surface area contributed by atoms with Gasteiger partial charge in [0, 0.05) is 17.3 Å². The lowest BCUT2D eigenvalue weighted by molar-refractivity contribution is 0.136. The van der Waals surface area contributed by atoms with E-state index in [2.05, 4.69) is 68.2 Å². The van der Waals surface area contributed by atoms with E-state index in [1.54, 1.807) is 0 Å². The highest BCUT2D eigenvalue weighted by Gasteiger charge is 2.51. The second-order valence-electron chi connectivity index (χ2n) is 6.98. The molecule has 2 aliphatic heterocycles. The highest BCUT2D eigenvalue weighted by molar-refractivity contribution is 6.04. The van der Waals surface area contributed by atoms with Crippen molar-refractivity contribution in [1.29, 1.82) is 0 Å². The molecule has 0 amide bonds. The number of aliphatic hydroxyl groups excluding tert-OH is 1. The summed E-state index contributed by atoms with van der Waals surface area (Å²) in [6.45, 7) is 11.7. The van der Waals surface area contributed by atoms with E-state index in [-0.39, 0.29) is 17.6 Å². The van der Waals surface area contributed by atoms with E-state index in [0.717, 1.165) is 6.54 Å². The molecule has 0 unspecified atom stereocenters. The van der Waals surface area contributed by atoms with Gasteiger partial charge in [-0.15, -0.1) is 0 Å². The molecule has 0 fully saturated rings. The molecule has 122 valence electrons. The van der Waals surface area contributed by atoms with Gasteiger partial charge in [-0.25, -0.2) is 0 Å². The second-order valence-corrected chi connectivity index (χ2v) is 6.98. The molecular weight excluding hydrogens is 282 g/mol. The van der Waals surface area contributed by atoms with E-state index in [1.165, 1.54) is 27.6 Å². The smallest absolute Gasteiger partial charge is 0.0699 e. The van der Waals surface area contributed by atoms with Gasteiger partial charge in [0.25, 0.3) is 0 Å². The van der Waals surface area contributed by atoms with Gasteiger partial charge in [0.15, 0.2) is 0 Å².